The molecule has 2 rings (SSSR count). The number of aromatic amines is 1. The summed E-state index contributed by atoms with van der Waals surface area (Å²) in [6, 6.07) is 3.14. The van der Waals surface area contributed by atoms with Gasteiger partial charge in [0.15, 0.2) is 0 Å². The van der Waals surface area contributed by atoms with Gasteiger partial charge in [0, 0.05) is 25.0 Å². The quantitative estimate of drug-likeness (QED) is 0.802. The van der Waals surface area contributed by atoms with Gasteiger partial charge >= 0.3 is 0 Å². The molecule has 1 atom stereocenters. The molecule has 0 fully saturated rings. The van der Waals surface area contributed by atoms with E-state index in [-0.39, 0.29) is 11.6 Å². The second-order valence-electron chi connectivity index (χ2n) is 4.71. The first-order chi connectivity index (χ1) is 9.76. The highest BCUT2D eigenvalue weighted by molar-refractivity contribution is 5.16. The number of aromatic nitrogens is 4. The number of nitrogens with one attached hydrogen (secondary N) is 2. The lowest BCUT2D eigenvalue weighted by molar-refractivity contribution is 0.517. The van der Waals surface area contributed by atoms with Crippen LogP contribution in [-0.4, -0.2) is 26.3 Å². The van der Waals surface area contributed by atoms with Crippen molar-refractivity contribution in [1.82, 2.24) is 25.1 Å². The Morgan fingerprint density at radius 2 is 2.20 bits per heavy atom. The standard InChI is InChI=1S/C14H21N5O/c1-3-7-15-13(11-5-6-12(20)18-17-11)14-16-8-10-19(14)9-4-2/h5-6,8,10,13,15H,3-4,7,9H2,1-2H3,(H,18,20). The van der Waals surface area contributed by atoms with E-state index in [2.05, 4.69) is 38.9 Å². The molecule has 20 heavy (non-hydrogen) atoms. The molecule has 0 bridgehead atoms. The molecule has 0 saturated carbocycles. The molecular weight excluding hydrogens is 254 g/mol. The van der Waals surface area contributed by atoms with Gasteiger partial charge in [-0.1, -0.05) is 13.8 Å². The zero-order valence-electron chi connectivity index (χ0n) is 12.0. The van der Waals surface area contributed by atoms with E-state index in [1.807, 2.05) is 6.20 Å². The number of rotatable bonds is 7. The van der Waals surface area contributed by atoms with Crippen LogP contribution in [0.1, 0.15) is 44.2 Å². The fourth-order valence-corrected chi connectivity index (χ4v) is 2.14. The van der Waals surface area contributed by atoms with E-state index in [4.69, 9.17) is 0 Å². The molecule has 0 amide bonds. The van der Waals surface area contributed by atoms with Crippen molar-refractivity contribution in [2.75, 3.05) is 6.54 Å². The van der Waals surface area contributed by atoms with E-state index >= 15 is 0 Å². The number of nitrogens with zero attached hydrogens (tertiary/aromatic N) is 3. The average Bonchev–Trinajstić information content (AvgIpc) is 2.90. The highest BCUT2D eigenvalue weighted by atomic mass is 16.1. The first-order valence-corrected chi connectivity index (χ1v) is 7.06. The van der Waals surface area contributed by atoms with E-state index in [0.29, 0.717) is 0 Å². The van der Waals surface area contributed by atoms with Crippen LogP contribution in [-0.2, 0) is 6.54 Å². The first-order valence-electron chi connectivity index (χ1n) is 7.06. The van der Waals surface area contributed by atoms with Crippen molar-refractivity contribution >= 4 is 0 Å². The predicted molar refractivity (Wildman–Crippen MR) is 77.5 cm³/mol. The highest BCUT2D eigenvalue weighted by Crippen LogP contribution is 2.18. The molecule has 6 nitrogen and oxygen atoms in total. The predicted octanol–water partition coefficient (Wildman–Crippen LogP) is 1.47. The Morgan fingerprint density at radius 3 is 2.85 bits per heavy atom. The maximum Gasteiger partial charge on any atom is 0.264 e. The molecule has 1 unspecified atom stereocenters. The lowest BCUT2D eigenvalue weighted by Crippen LogP contribution is -2.28. The second-order valence-corrected chi connectivity index (χ2v) is 4.71. The summed E-state index contributed by atoms with van der Waals surface area (Å²) in [5.74, 6) is 0.930. The van der Waals surface area contributed by atoms with Crippen LogP contribution in [0.2, 0.25) is 0 Å². The average molecular weight is 275 g/mol. The summed E-state index contributed by atoms with van der Waals surface area (Å²) < 4.78 is 2.13. The third-order valence-corrected chi connectivity index (χ3v) is 3.07. The number of hydrogen-bond acceptors (Lipinski definition) is 4. The van der Waals surface area contributed by atoms with Gasteiger partial charge in [0.25, 0.3) is 5.56 Å². The van der Waals surface area contributed by atoms with Crippen LogP contribution in [0, 0.1) is 0 Å². The molecule has 0 aliphatic heterocycles. The molecule has 0 aromatic carbocycles. The zero-order valence-corrected chi connectivity index (χ0v) is 12.0. The van der Waals surface area contributed by atoms with E-state index in [0.717, 1.165) is 37.4 Å². The Bertz CT molecular complexity index is 569. The lowest BCUT2D eigenvalue weighted by Gasteiger charge is -2.18. The molecule has 2 N–H and O–H groups in total. The van der Waals surface area contributed by atoms with Gasteiger partial charge in [0.05, 0.1) is 5.69 Å². The monoisotopic (exact) mass is 275 g/mol. The van der Waals surface area contributed by atoms with Crippen LogP contribution in [0.25, 0.3) is 0 Å². The minimum atomic E-state index is -0.195. The Kier molecular flexibility index (Phi) is 5.06. The van der Waals surface area contributed by atoms with Crippen molar-refractivity contribution in [2.24, 2.45) is 0 Å². The van der Waals surface area contributed by atoms with Gasteiger partial charge in [-0.2, -0.15) is 5.10 Å². The number of imidazole rings is 1. The van der Waals surface area contributed by atoms with E-state index in [1.165, 1.54) is 6.07 Å². The Balaban J connectivity index is 2.33. The summed E-state index contributed by atoms with van der Waals surface area (Å²) >= 11 is 0. The summed E-state index contributed by atoms with van der Waals surface area (Å²) in [6.07, 6.45) is 5.85. The minimum absolute atomic E-state index is 0.103. The molecule has 2 aromatic heterocycles. The van der Waals surface area contributed by atoms with Crippen LogP contribution in [0.4, 0.5) is 0 Å². The topological polar surface area (TPSA) is 75.6 Å². The molecule has 0 aliphatic carbocycles. The van der Waals surface area contributed by atoms with Crippen molar-refractivity contribution in [3.63, 3.8) is 0 Å². The van der Waals surface area contributed by atoms with E-state index in [9.17, 15) is 4.79 Å². The molecule has 0 spiro atoms. The van der Waals surface area contributed by atoms with Crippen molar-refractivity contribution in [3.8, 4) is 0 Å². The molecule has 0 saturated heterocycles. The Hall–Kier alpha value is -1.95. The van der Waals surface area contributed by atoms with Crippen LogP contribution in [0.15, 0.2) is 29.3 Å². The van der Waals surface area contributed by atoms with E-state index in [1.54, 1.807) is 12.3 Å². The summed E-state index contributed by atoms with van der Waals surface area (Å²) in [5.41, 5.74) is 0.585. The van der Waals surface area contributed by atoms with Crippen molar-refractivity contribution in [3.05, 3.63) is 46.4 Å². The second kappa shape index (κ2) is 7.00. The van der Waals surface area contributed by atoms with Gasteiger partial charge in [0.2, 0.25) is 0 Å². The Morgan fingerprint density at radius 1 is 1.35 bits per heavy atom. The maximum atomic E-state index is 11.2. The molecular formula is C14H21N5O. The van der Waals surface area contributed by atoms with Crippen LogP contribution in [0.3, 0.4) is 0 Å². The molecule has 0 radical (unpaired) electrons. The zero-order chi connectivity index (χ0) is 14.4. The fraction of sp³-hybridized carbons (Fsp3) is 0.500. The smallest absolute Gasteiger partial charge is 0.264 e. The van der Waals surface area contributed by atoms with Gasteiger partial charge in [-0.25, -0.2) is 10.1 Å². The van der Waals surface area contributed by atoms with Crippen LogP contribution < -0.4 is 10.9 Å². The fourth-order valence-electron chi connectivity index (χ4n) is 2.14. The van der Waals surface area contributed by atoms with Crippen LogP contribution >= 0.6 is 0 Å². The molecule has 108 valence electrons. The first kappa shape index (κ1) is 14.5. The molecule has 2 heterocycles. The summed E-state index contributed by atoms with van der Waals surface area (Å²) in [4.78, 5) is 15.6. The highest BCUT2D eigenvalue weighted by Gasteiger charge is 2.19. The number of H-pyrrole nitrogens is 1. The molecule has 6 heteroatoms. The van der Waals surface area contributed by atoms with Crippen molar-refractivity contribution in [1.29, 1.82) is 0 Å². The largest absolute Gasteiger partial charge is 0.333 e. The van der Waals surface area contributed by atoms with Gasteiger partial charge in [-0.05, 0) is 25.5 Å². The SMILES string of the molecule is CCCNC(c1ccc(=O)[nH]n1)c1nccn1CCC. The summed E-state index contributed by atoms with van der Waals surface area (Å²) in [7, 11) is 0. The minimum Gasteiger partial charge on any atom is -0.333 e. The maximum absolute atomic E-state index is 11.2. The molecule has 0 aliphatic rings. The van der Waals surface area contributed by atoms with E-state index < -0.39 is 0 Å². The van der Waals surface area contributed by atoms with Crippen LogP contribution in [0.5, 0.6) is 0 Å². The van der Waals surface area contributed by atoms with Crippen molar-refractivity contribution < 1.29 is 0 Å². The summed E-state index contributed by atoms with van der Waals surface area (Å²) in [5, 5.41) is 10.1. The Labute approximate surface area is 118 Å². The lowest BCUT2D eigenvalue weighted by atomic mass is 10.1. The van der Waals surface area contributed by atoms with Gasteiger partial charge in [-0.3, -0.25) is 4.79 Å². The number of aryl methyl sites for hydroxylation is 1. The summed E-state index contributed by atoms with van der Waals surface area (Å²) in [6.45, 7) is 6.03. The third kappa shape index (κ3) is 3.33. The van der Waals surface area contributed by atoms with Crippen molar-refractivity contribution in [2.45, 2.75) is 39.3 Å². The third-order valence-electron chi connectivity index (χ3n) is 3.07. The van der Waals surface area contributed by atoms with Gasteiger partial charge < -0.3 is 9.88 Å². The van der Waals surface area contributed by atoms with Gasteiger partial charge in [-0.15, -0.1) is 0 Å². The normalized spacial score (nSPS) is 12.5. The number of hydrogen-bond donors (Lipinski definition) is 2. The molecule has 2 aromatic rings. The van der Waals surface area contributed by atoms with Gasteiger partial charge in [0.1, 0.15) is 11.9 Å².